The van der Waals surface area contributed by atoms with E-state index < -0.39 is 5.97 Å². The van der Waals surface area contributed by atoms with Gasteiger partial charge in [0.2, 0.25) is 0 Å². The van der Waals surface area contributed by atoms with Crippen LogP contribution in [0.1, 0.15) is 42.9 Å². The first-order valence-corrected chi connectivity index (χ1v) is 5.10. The zero-order valence-corrected chi connectivity index (χ0v) is 9.65. The van der Waals surface area contributed by atoms with Crippen LogP contribution in [0.2, 0.25) is 0 Å². The first-order chi connectivity index (χ1) is 7.52. The lowest BCUT2D eigenvalue weighted by atomic mass is 10.2. The number of aromatic nitrogens is 1. The third kappa shape index (κ3) is 2.01. The monoisotopic (exact) mass is 221 g/mol. The molecule has 5 nitrogen and oxygen atoms in total. The fourth-order valence-electron chi connectivity index (χ4n) is 1.45. The van der Waals surface area contributed by atoms with Crippen LogP contribution in [0, 0.1) is 11.3 Å². The average Bonchev–Trinajstić information content (AvgIpc) is 2.55. The molecule has 0 spiro atoms. The SMILES string of the molecule is CCOC(=O)c1c(N)c(C#N)cn1C(C)C. The largest absolute Gasteiger partial charge is 0.461 e. The summed E-state index contributed by atoms with van der Waals surface area (Å²) in [5.74, 6) is -0.491. The molecule has 86 valence electrons. The van der Waals surface area contributed by atoms with Crippen LogP contribution < -0.4 is 5.73 Å². The van der Waals surface area contributed by atoms with E-state index in [1.54, 1.807) is 17.7 Å². The predicted octanol–water partition coefficient (Wildman–Crippen LogP) is 1.70. The van der Waals surface area contributed by atoms with E-state index in [0.29, 0.717) is 5.56 Å². The molecule has 0 fully saturated rings. The second-order valence-electron chi connectivity index (χ2n) is 3.64. The molecule has 16 heavy (non-hydrogen) atoms. The summed E-state index contributed by atoms with van der Waals surface area (Å²) < 4.78 is 6.57. The van der Waals surface area contributed by atoms with Gasteiger partial charge >= 0.3 is 5.97 Å². The molecule has 1 rings (SSSR count). The summed E-state index contributed by atoms with van der Waals surface area (Å²) in [7, 11) is 0. The van der Waals surface area contributed by atoms with Gasteiger partial charge in [-0.2, -0.15) is 5.26 Å². The highest BCUT2D eigenvalue weighted by atomic mass is 16.5. The Labute approximate surface area is 94.4 Å². The summed E-state index contributed by atoms with van der Waals surface area (Å²) in [5.41, 5.74) is 6.49. The molecule has 0 saturated carbocycles. The molecule has 0 radical (unpaired) electrons. The van der Waals surface area contributed by atoms with E-state index in [2.05, 4.69) is 0 Å². The standard InChI is InChI=1S/C11H15N3O2/c1-4-16-11(15)10-9(13)8(5-12)6-14(10)7(2)3/h6-7H,4,13H2,1-3H3. The number of esters is 1. The topological polar surface area (TPSA) is 81.0 Å². The first-order valence-electron chi connectivity index (χ1n) is 5.10. The Hall–Kier alpha value is -1.96. The van der Waals surface area contributed by atoms with Crippen LogP contribution >= 0.6 is 0 Å². The van der Waals surface area contributed by atoms with Crippen molar-refractivity contribution in [2.24, 2.45) is 0 Å². The molecule has 1 aromatic rings. The van der Waals surface area contributed by atoms with Crippen LogP contribution in [0.5, 0.6) is 0 Å². The molecule has 0 saturated heterocycles. The lowest BCUT2D eigenvalue weighted by molar-refractivity contribution is 0.0513. The zero-order chi connectivity index (χ0) is 12.3. The van der Waals surface area contributed by atoms with Crippen molar-refractivity contribution in [2.45, 2.75) is 26.8 Å². The number of nitriles is 1. The molecule has 0 aliphatic rings. The van der Waals surface area contributed by atoms with Gasteiger partial charge in [0, 0.05) is 12.2 Å². The van der Waals surface area contributed by atoms with Gasteiger partial charge in [-0.15, -0.1) is 0 Å². The van der Waals surface area contributed by atoms with Crippen molar-refractivity contribution in [2.75, 3.05) is 12.3 Å². The Morgan fingerprint density at radius 2 is 2.31 bits per heavy atom. The molecule has 0 aliphatic heterocycles. The normalized spacial score (nSPS) is 10.2. The van der Waals surface area contributed by atoms with Crippen molar-refractivity contribution in [1.29, 1.82) is 5.26 Å². The van der Waals surface area contributed by atoms with Gasteiger partial charge in [-0.3, -0.25) is 0 Å². The van der Waals surface area contributed by atoms with Gasteiger partial charge in [-0.05, 0) is 20.8 Å². The number of nitrogen functional groups attached to an aromatic ring is 1. The van der Waals surface area contributed by atoms with E-state index >= 15 is 0 Å². The van der Waals surface area contributed by atoms with Crippen molar-refractivity contribution in [3.63, 3.8) is 0 Å². The number of nitrogens with zero attached hydrogens (tertiary/aromatic N) is 2. The number of hydrogen-bond acceptors (Lipinski definition) is 4. The molecule has 5 heteroatoms. The van der Waals surface area contributed by atoms with Gasteiger partial charge in [0.1, 0.15) is 6.07 Å². The number of hydrogen-bond donors (Lipinski definition) is 1. The van der Waals surface area contributed by atoms with Gasteiger partial charge in [0.05, 0.1) is 17.9 Å². The van der Waals surface area contributed by atoms with E-state index in [1.165, 1.54) is 0 Å². The number of anilines is 1. The van der Waals surface area contributed by atoms with Gasteiger partial charge in [-0.1, -0.05) is 0 Å². The van der Waals surface area contributed by atoms with Crippen LogP contribution in [0.4, 0.5) is 5.69 Å². The number of carbonyl (C=O) groups is 1. The number of carbonyl (C=O) groups excluding carboxylic acids is 1. The van der Waals surface area contributed by atoms with Crippen LogP contribution in [0.15, 0.2) is 6.20 Å². The van der Waals surface area contributed by atoms with E-state index in [0.717, 1.165) is 0 Å². The lowest BCUT2D eigenvalue weighted by Gasteiger charge is -2.12. The van der Waals surface area contributed by atoms with E-state index in [9.17, 15) is 4.79 Å². The average molecular weight is 221 g/mol. The van der Waals surface area contributed by atoms with Crippen molar-refractivity contribution in [1.82, 2.24) is 4.57 Å². The third-order valence-electron chi connectivity index (χ3n) is 2.22. The smallest absolute Gasteiger partial charge is 0.357 e. The Kier molecular flexibility index (Phi) is 3.56. The van der Waals surface area contributed by atoms with E-state index in [-0.39, 0.29) is 24.0 Å². The van der Waals surface area contributed by atoms with Gasteiger partial charge in [0.25, 0.3) is 0 Å². The van der Waals surface area contributed by atoms with Gasteiger partial charge in [0.15, 0.2) is 5.69 Å². The fourth-order valence-corrected chi connectivity index (χ4v) is 1.45. The molecule has 1 heterocycles. The minimum absolute atomic E-state index is 0.0452. The molecule has 2 N–H and O–H groups in total. The summed E-state index contributed by atoms with van der Waals surface area (Å²) in [5, 5.41) is 8.85. The maximum atomic E-state index is 11.7. The molecule has 1 aromatic heterocycles. The predicted molar refractivity (Wildman–Crippen MR) is 59.9 cm³/mol. The van der Waals surface area contributed by atoms with E-state index in [4.69, 9.17) is 15.7 Å². The minimum Gasteiger partial charge on any atom is -0.461 e. The number of nitrogens with two attached hydrogens (primary N) is 1. The number of ether oxygens (including phenoxy) is 1. The maximum absolute atomic E-state index is 11.7. The van der Waals surface area contributed by atoms with Crippen LogP contribution in [0.25, 0.3) is 0 Å². The van der Waals surface area contributed by atoms with Crippen LogP contribution in [-0.2, 0) is 4.74 Å². The Morgan fingerprint density at radius 1 is 1.69 bits per heavy atom. The molecule has 0 unspecified atom stereocenters. The highest BCUT2D eigenvalue weighted by Gasteiger charge is 2.22. The van der Waals surface area contributed by atoms with Crippen molar-refractivity contribution >= 4 is 11.7 Å². The number of rotatable bonds is 3. The Bertz CT molecular complexity index is 441. The molecule has 0 amide bonds. The van der Waals surface area contributed by atoms with Gasteiger partial charge in [-0.25, -0.2) is 4.79 Å². The summed E-state index contributed by atoms with van der Waals surface area (Å²) >= 11 is 0. The molecular formula is C11H15N3O2. The van der Waals surface area contributed by atoms with Crippen molar-refractivity contribution < 1.29 is 9.53 Å². The summed E-state index contributed by atoms with van der Waals surface area (Å²) in [6.45, 7) is 5.82. The van der Waals surface area contributed by atoms with Crippen LogP contribution in [-0.4, -0.2) is 17.1 Å². The lowest BCUT2D eigenvalue weighted by Crippen LogP contribution is -2.14. The van der Waals surface area contributed by atoms with Crippen molar-refractivity contribution in [3.8, 4) is 6.07 Å². The second-order valence-corrected chi connectivity index (χ2v) is 3.64. The second kappa shape index (κ2) is 4.71. The summed E-state index contributed by atoms with van der Waals surface area (Å²) in [6.07, 6.45) is 1.58. The van der Waals surface area contributed by atoms with Gasteiger partial charge < -0.3 is 15.0 Å². The summed E-state index contributed by atoms with van der Waals surface area (Å²) in [6, 6.07) is 2.00. The molecule has 0 aliphatic carbocycles. The first kappa shape index (κ1) is 12.1. The van der Waals surface area contributed by atoms with E-state index in [1.807, 2.05) is 19.9 Å². The van der Waals surface area contributed by atoms with Crippen molar-refractivity contribution in [3.05, 3.63) is 17.5 Å². The molecular weight excluding hydrogens is 206 g/mol. The molecule has 0 aromatic carbocycles. The third-order valence-corrected chi connectivity index (χ3v) is 2.22. The maximum Gasteiger partial charge on any atom is 0.357 e. The quantitative estimate of drug-likeness (QED) is 0.787. The molecule has 0 atom stereocenters. The summed E-state index contributed by atoms with van der Waals surface area (Å²) in [4.78, 5) is 11.7. The zero-order valence-electron chi connectivity index (χ0n) is 9.65. The Balaban J connectivity index is 3.30. The minimum atomic E-state index is -0.491. The fraction of sp³-hybridized carbons (Fsp3) is 0.455. The highest BCUT2D eigenvalue weighted by Crippen LogP contribution is 2.24. The highest BCUT2D eigenvalue weighted by molar-refractivity contribution is 5.95. The van der Waals surface area contributed by atoms with Crippen LogP contribution in [0.3, 0.4) is 0 Å². The molecule has 0 bridgehead atoms. The Morgan fingerprint density at radius 3 is 2.75 bits per heavy atom.